The molecule has 1 amide bonds. The highest BCUT2D eigenvalue weighted by atomic mass is 16.5. The molecule has 5 heteroatoms. The Kier molecular flexibility index (Phi) is 4.24. The van der Waals surface area contributed by atoms with Crippen LogP contribution in [0, 0.1) is 0 Å². The van der Waals surface area contributed by atoms with Gasteiger partial charge in [-0.15, -0.1) is 0 Å². The summed E-state index contributed by atoms with van der Waals surface area (Å²) in [6, 6.07) is 15.9. The second-order valence-electron chi connectivity index (χ2n) is 5.24. The Balaban J connectivity index is 1.97. The van der Waals surface area contributed by atoms with Crippen molar-refractivity contribution >= 4 is 22.4 Å². The fraction of sp³-hybridized carbons (Fsp3) is 0.105. The lowest BCUT2D eigenvalue weighted by Crippen LogP contribution is -2.13. The van der Waals surface area contributed by atoms with Crippen molar-refractivity contribution in [3.8, 4) is 17.2 Å². The molecule has 0 aromatic heterocycles. The van der Waals surface area contributed by atoms with Gasteiger partial charge in [-0.05, 0) is 35.0 Å². The normalized spacial score (nSPS) is 10.4. The molecule has 3 rings (SSSR count). The van der Waals surface area contributed by atoms with Crippen LogP contribution in [0.25, 0.3) is 10.8 Å². The first-order valence-corrected chi connectivity index (χ1v) is 7.37. The van der Waals surface area contributed by atoms with Gasteiger partial charge in [-0.25, -0.2) is 0 Å². The van der Waals surface area contributed by atoms with Crippen LogP contribution >= 0.6 is 0 Å². The molecular weight excluding hydrogens is 306 g/mol. The van der Waals surface area contributed by atoms with Crippen molar-refractivity contribution in [2.75, 3.05) is 19.5 Å². The van der Waals surface area contributed by atoms with Crippen LogP contribution in [0.5, 0.6) is 17.2 Å². The molecule has 0 radical (unpaired) electrons. The summed E-state index contributed by atoms with van der Waals surface area (Å²) < 4.78 is 10.4. The SMILES string of the molecule is COc1ccc(OC)c(NC(=O)c2cc3ccccc3cc2O)c1. The average molecular weight is 323 g/mol. The van der Waals surface area contributed by atoms with E-state index in [1.807, 2.05) is 24.3 Å². The molecule has 0 unspecified atom stereocenters. The van der Waals surface area contributed by atoms with Crippen molar-refractivity contribution in [3.63, 3.8) is 0 Å². The van der Waals surface area contributed by atoms with Gasteiger partial charge < -0.3 is 19.9 Å². The van der Waals surface area contributed by atoms with Crippen LogP contribution < -0.4 is 14.8 Å². The molecule has 0 saturated heterocycles. The van der Waals surface area contributed by atoms with Crippen LogP contribution in [-0.4, -0.2) is 25.2 Å². The van der Waals surface area contributed by atoms with Crippen molar-refractivity contribution < 1.29 is 19.4 Å². The predicted molar refractivity (Wildman–Crippen MR) is 93.1 cm³/mol. The number of nitrogens with one attached hydrogen (secondary N) is 1. The summed E-state index contributed by atoms with van der Waals surface area (Å²) in [6.07, 6.45) is 0. The number of benzene rings is 3. The molecule has 2 N–H and O–H groups in total. The molecule has 0 aliphatic rings. The summed E-state index contributed by atoms with van der Waals surface area (Å²) >= 11 is 0. The molecule has 0 saturated carbocycles. The minimum atomic E-state index is -0.426. The number of rotatable bonds is 4. The fourth-order valence-corrected chi connectivity index (χ4v) is 2.51. The van der Waals surface area contributed by atoms with Crippen molar-refractivity contribution in [2.24, 2.45) is 0 Å². The number of fused-ring (bicyclic) bond motifs is 1. The molecule has 3 aromatic carbocycles. The summed E-state index contributed by atoms with van der Waals surface area (Å²) in [7, 11) is 3.06. The fourth-order valence-electron chi connectivity index (χ4n) is 2.51. The Hall–Kier alpha value is -3.21. The largest absolute Gasteiger partial charge is 0.507 e. The van der Waals surface area contributed by atoms with E-state index >= 15 is 0 Å². The smallest absolute Gasteiger partial charge is 0.259 e. The molecule has 5 nitrogen and oxygen atoms in total. The van der Waals surface area contributed by atoms with Gasteiger partial charge >= 0.3 is 0 Å². The first-order valence-electron chi connectivity index (χ1n) is 7.37. The van der Waals surface area contributed by atoms with Gasteiger partial charge in [0.05, 0.1) is 25.5 Å². The Labute approximate surface area is 139 Å². The van der Waals surface area contributed by atoms with Gasteiger partial charge in [0, 0.05) is 6.07 Å². The van der Waals surface area contributed by atoms with Gasteiger partial charge in [0.1, 0.15) is 17.2 Å². The third-order valence-corrected chi connectivity index (χ3v) is 3.76. The molecule has 0 aliphatic heterocycles. The van der Waals surface area contributed by atoms with Crippen LogP contribution in [0.3, 0.4) is 0 Å². The molecule has 24 heavy (non-hydrogen) atoms. The maximum Gasteiger partial charge on any atom is 0.259 e. The summed E-state index contributed by atoms with van der Waals surface area (Å²) in [5.41, 5.74) is 0.660. The lowest BCUT2D eigenvalue weighted by molar-refractivity contribution is 0.102. The molecule has 0 bridgehead atoms. The molecule has 0 spiro atoms. The standard InChI is InChI=1S/C19H17NO4/c1-23-14-7-8-18(24-2)16(11-14)20-19(22)15-9-12-5-3-4-6-13(12)10-17(15)21/h3-11,21H,1-2H3,(H,20,22). The second kappa shape index (κ2) is 6.50. The highest BCUT2D eigenvalue weighted by molar-refractivity contribution is 6.09. The van der Waals surface area contributed by atoms with E-state index in [1.165, 1.54) is 7.11 Å². The lowest BCUT2D eigenvalue weighted by atomic mass is 10.1. The summed E-state index contributed by atoms with van der Waals surface area (Å²) in [6.45, 7) is 0. The molecule has 3 aromatic rings. The first-order chi connectivity index (χ1) is 11.6. The molecular formula is C19H17NO4. The number of aromatic hydroxyl groups is 1. The van der Waals surface area contributed by atoms with Crippen molar-refractivity contribution in [1.82, 2.24) is 0 Å². The minimum Gasteiger partial charge on any atom is -0.507 e. The van der Waals surface area contributed by atoms with Gasteiger partial charge in [-0.1, -0.05) is 24.3 Å². The molecule has 0 aliphatic carbocycles. The highest BCUT2D eigenvalue weighted by Gasteiger charge is 2.15. The molecule has 0 fully saturated rings. The van der Waals surface area contributed by atoms with Crippen LogP contribution in [0.1, 0.15) is 10.4 Å². The predicted octanol–water partition coefficient (Wildman–Crippen LogP) is 3.81. The Morgan fingerprint density at radius 2 is 1.67 bits per heavy atom. The van der Waals surface area contributed by atoms with Gasteiger partial charge in [-0.2, -0.15) is 0 Å². The molecule has 0 atom stereocenters. The number of ether oxygens (including phenoxy) is 2. The van der Waals surface area contributed by atoms with Crippen molar-refractivity contribution in [2.45, 2.75) is 0 Å². The van der Waals surface area contributed by atoms with Crippen LogP contribution in [0.15, 0.2) is 54.6 Å². The van der Waals surface area contributed by atoms with E-state index in [0.29, 0.717) is 17.2 Å². The van der Waals surface area contributed by atoms with E-state index in [1.54, 1.807) is 37.4 Å². The number of phenolic OH excluding ortho intramolecular Hbond substituents is 1. The van der Waals surface area contributed by atoms with E-state index in [4.69, 9.17) is 9.47 Å². The van der Waals surface area contributed by atoms with E-state index in [0.717, 1.165) is 10.8 Å². The van der Waals surface area contributed by atoms with Crippen LogP contribution in [0.2, 0.25) is 0 Å². The summed E-state index contributed by atoms with van der Waals surface area (Å²) in [5, 5.41) is 14.7. The van der Waals surface area contributed by atoms with Gasteiger partial charge in [-0.3, -0.25) is 4.79 Å². The molecule has 0 heterocycles. The quantitative estimate of drug-likeness (QED) is 0.766. The maximum absolute atomic E-state index is 12.6. The van der Waals surface area contributed by atoms with Crippen molar-refractivity contribution in [1.29, 1.82) is 0 Å². The van der Waals surface area contributed by atoms with Gasteiger partial charge in [0.25, 0.3) is 5.91 Å². The lowest BCUT2D eigenvalue weighted by Gasteiger charge is -2.13. The number of amides is 1. The zero-order valence-corrected chi connectivity index (χ0v) is 13.4. The number of phenols is 1. The zero-order chi connectivity index (χ0) is 17.1. The van der Waals surface area contributed by atoms with E-state index in [9.17, 15) is 9.90 Å². The molecule has 122 valence electrons. The second-order valence-corrected chi connectivity index (χ2v) is 5.24. The van der Waals surface area contributed by atoms with Crippen molar-refractivity contribution in [3.05, 3.63) is 60.2 Å². The summed E-state index contributed by atoms with van der Waals surface area (Å²) in [5.74, 6) is 0.594. The van der Waals surface area contributed by atoms with Crippen LogP contribution in [0.4, 0.5) is 5.69 Å². The average Bonchev–Trinajstić information content (AvgIpc) is 2.60. The van der Waals surface area contributed by atoms with Gasteiger partial charge in [0.2, 0.25) is 0 Å². The van der Waals surface area contributed by atoms with E-state index in [2.05, 4.69) is 5.32 Å². The van der Waals surface area contributed by atoms with Crippen LogP contribution in [-0.2, 0) is 0 Å². The van der Waals surface area contributed by atoms with E-state index in [-0.39, 0.29) is 11.3 Å². The highest BCUT2D eigenvalue weighted by Crippen LogP contribution is 2.31. The number of hydrogen-bond acceptors (Lipinski definition) is 4. The minimum absolute atomic E-state index is 0.0759. The number of hydrogen-bond donors (Lipinski definition) is 2. The third kappa shape index (κ3) is 2.96. The first kappa shape index (κ1) is 15.7. The van der Waals surface area contributed by atoms with Gasteiger partial charge in [0.15, 0.2) is 0 Å². The number of anilines is 1. The Morgan fingerprint density at radius 3 is 2.33 bits per heavy atom. The maximum atomic E-state index is 12.6. The summed E-state index contributed by atoms with van der Waals surface area (Å²) in [4.78, 5) is 12.6. The Bertz CT molecular complexity index is 905. The Morgan fingerprint density at radius 1 is 0.958 bits per heavy atom. The van der Waals surface area contributed by atoms with E-state index < -0.39 is 5.91 Å². The number of carbonyl (C=O) groups excluding carboxylic acids is 1. The zero-order valence-electron chi connectivity index (χ0n) is 13.4. The third-order valence-electron chi connectivity index (χ3n) is 3.76. The number of carbonyl (C=O) groups is 1. The number of methoxy groups -OCH3 is 2. The monoisotopic (exact) mass is 323 g/mol. The topological polar surface area (TPSA) is 67.8 Å².